The van der Waals surface area contributed by atoms with Crippen molar-refractivity contribution >= 4 is 39.5 Å². The van der Waals surface area contributed by atoms with E-state index in [4.69, 9.17) is 9.84 Å². The molecule has 0 spiro atoms. The number of amides is 1. The number of rotatable bonds is 4. The van der Waals surface area contributed by atoms with E-state index in [2.05, 4.69) is 15.9 Å². The lowest BCUT2D eigenvalue weighted by molar-refractivity contribution is -0.117. The zero-order valence-electron chi connectivity index (χ0n) is 11.3. The van der Waals surface area contributed by atoms with Crippen LogP contribution in [0.25, 0.3) is 0 Å². The summed E-state index contributed by atoms with van der Waals surface area (Å²) in [6.07, 6.45) is 0.364. The zero-order chi connectivity index (χ0) is 15.6. The van der Waals surface area contributed by atoms with Gasteiger partial charge in [0.05, 0.1) is 23.9 Å². The number of carboxylic acids is 1. The van der Waals surface area contributed by atoms with Gasteiger partial charge in [0, 0.05) is 18.3 Å². The van der Waals surface area contributed by atoms with E-state index in [0.717, 1.165) is 0 Å². The van der Waals surface area contributed by atoms with Crippen molar-refractivity contribution in [1.29, 1.82) is 0 Å². The Labute approximate surface area is 129 Å². The summed E-state index contributed by atoms with van der Waals surface area (Å²) in [7, 11) is 1.24. The fourth-order valence-corrected chi connectivity index (χ4v) is 2.72. The molecule has 1 fully saturated rings. The van der Waals surface area contributed by atoms with Crippen molar-refractivity contribution in [1.82, 2.24) is 0 Å². The second kappa shape index (κ2) is 6.26. The quantitative estimate of drug-likeness (QED) is 0.658. The van der Waals surface area contributed by atoms with Crippen molar-refractivity contribution in [3.05, 3.63) is 29.3 Å². The molecule has 1 N–H and O–H groups in total. The Bertz CT molecular complexity index is 601. The van der Waals surface area contributed by atoms with Crippen LogP contribution in [0, 0.1) is 5.92 Å². The van der Waals surface area contributed by atoms with E-state index in [1.807, 2.05) is 0 Å². The van der Waals surface area contributed by atoms with Crippen molar-refractivity contribution < 1.29 is 24.2 Å². The molecule has 1 heterocycles. The summed E-state index contributed by atoms with van der Waals surface area (Å²) in [4.78, 5) is 36.4. The standard InChI is InChI=1S/C14H14BrNO5/c1-21-14(20)10-3-2-9(13(18)19)5-11(10)16-7-8(6-15)4-12(16)17/h2-3,5,8H,4,6-7H2,1H3,(H,18,19). The van der Waals surface area contributed by atoms with E-state index in [1.165, 1.54) is 30.2 Å². The normalized spacial score (nSPS) is 17.9. The largest absolute Gasteiger partial charge is 0.478 e. The van der Waals surface area contributed by atoms with Gasteiger partial charge in [0.2, 0.25) is 5.91 Å². The third-order valence-electron chi connectivity index (χ3n) is 3.36. The van der Waals surface area contributed by atoms with Crippen LogP contribution < -0.4 is 4.90 Å². The highest BCUT2D eigenvalue weighted by molar-refractivity contribution is 9.09. The second-order valence-electron chi connectivity index (χ2n) is 4.76. The molecular weight excluding hydrogens is 342 g/mol. The molecule has 2 rings (SSSR count). The third-order valence-corrected chi connectivity index (χ3v) is 4.28. The van der Waals surface area contributed by atoms with E-state index in [9.17, 15) is 14.4 Å². The van der Waals surface area contributed by atoms with Crippen molar-refractivity contribution in [2.24, 2.45) is 5.92 Å². The number of hydrogen-bond acceptors (Lipinski definition) is 4. The monoisotopic (exact) mass is 355 g/mol. The molecule has 1 atom stereocenters. The smallest absolute Gasteiger partial charge is 0.339 e. The molecule has 1 amide bonds. The molecule has 1 aliphatic heterocycles. The van der Waals surface area contributed by atoms with Gasteiger partial charge >= 0.3 is 11.9 Å². The van der Waals surface area contributed by atoms with Crippen LogP contribution in [0.4, 0.5) is 5.69 Å². The molecule has 1 saturated heterocycles. The molecule has 7 heteroatoms. The van der Waals surface area contributed by atoms with Crippen LogP contribution >= 0.6 is 15.9 Å². The number of methoxy groups -OCH3 is 1. The predicted molar refractivity (Wildman–Crippen MR) is 79.0 cm³/mol. The van der Waals surface area contributed by atoms with E-state index in [-0.39, 0.29) is 28.6 Å². The van der Waals surface area contributed by atoms with Crippen LogP contribution in [0.5, 0.6) is 0 Å². The SMILES string of the molecule is COC(=O)c1ccc(C(=O)O)cc1N1CC(CBr)CC1=O. The number of hydrogen-bond donors (Lipinski definition) is 1. The Hall–Kier alpha value is -1.89. The van der Waals surface area contributed by atoms with E-state index >= 15 is 0 Å². The molecule has 21 heavy (non-hydrogen) atoms. The number of benzene rings is 1. The van der Waals surface area contributed by atoms with Gasteiger partial charge in [0.25, 0.3) is 0 Å². The molecule has 1 aromatic rings. The maximum atomic E-state index is 12.1. The van der Waals surface area contributed by atoms with E-state index < -0.39 is 11.9 Å². The van der Waals surface area contributed by atoms with Crippen LogP contribution in [0.1, 0.15) is 27.1 Å². The van der Waals surface area contributed by atoms with Gasteiger partial charge < -0.3 is 14.7 Å². The minimum Gasteiger partial charge on any atom is -0.478 e. The fourth-order valence-electron chi connectivity index (χ4n) is 2.29. The first-order valence-electron chi connectivity index (χ1n) is 6.30. The molecule has 1 aromatic carbocycles. The molecule has 0 aliphatic carbocycles. The summed E-state index contributed by atoms with van der Waals surface area (Å²) in [5, 5.41) is 9.74. The van der Waals surface area contributed by atoms with Crippen molar-refractivity contribution in [3.8, 4) is 0 Å². The van der Waals surface area contributed by atoms with Gasteiger partial charge in [0.1, 0.15) is 0 Å². The molecular formula is C14H14BrNO5. The maximum absolute atomic E-state index is 12.1. The molecule has 1 unspecified atom stereocenters. The van der Waals surface area contributed by atoms with Crippen molar-refractivity contribution in [2.75, 3.05) is 23.9 Å². The Morgan fingerprint density at radius 3 is 2.71 bits per heavy atom. The molecule has 6 nitrogen and oxygen atoms in total. The van der Waals surface area contributed by atoms with Crippen molar-refractivity contribution in [2.45, 2.75) is 6.42 Å². The number of nitrogens with zero attached hydrogens (tertiary/aromatic N) is 1. The molecule has 0 aromatic heterocycles. The number of carbonyl (C=O) groups excluding carboxylic acids is 2. The number of anilines is 1. The van der Waals surface area contributed by atoms with Crippen LogP contribution in [-0.4, -0.2) is 41.9 Å². The number of carbonyl (C=O) groups is 3. The van der Waals surface area contributed by atoms with Crippen LogP contribution in [0.15, 0.2) is 18.2 Å². The van der Waals surface area contributed by atoms with Crippen LogP contribution in [0.2, 0.25) is 0 Å². The maximum Gasteiger partial charge on any atom is 0.339 e. The van der Waals surface area contributed by atoms with Gasteiger partial charge in [-0.1, -0.05) is 15.9 Å². The van der Waals surface area contributed by atoms with Crippen molar-refractivity contribution in [3.63, 3.8) is 0 Å². The number of halogens is 1. The number of esters is 1. The lowest BCUT2D eigenvalue weighted by Gasteiger charge is -2.20. The Kier molecular flexibility index (Phi) is 4.62. The molecule has 112 valence electrons. The molecule has 0 saturated carbocycles. The number of alkyl halides is 1. The third kappa shape index (κ3) is 3.07. The van der Waals surface area contributed by atoms with Gasteiger partial charge in [0.15, 0.2) is 0 Å². The zero-order valence-corrected chi connectivity index (χ0v) is 12.9. The number of ether oxygens (including phenoxy) is 1. The average Bonchev–Trinajstić information content (AvgIpc) is 2.86. The molecule has 0 radical (unpaired) electrons. The average molecular weight is 356 g/mol. The summed E-state index contributed by atoms with van der Waals surface area (Å²) >= 11 is 3.34. The Balaban J connectivity index is 2.48. The lowest BCUT2D eigenvalue weighted by atomic mass is 10.1. The second-order valence-corrected chi connectivity index (χ2v) is 5.40. The van der Waals surface area contributed by atoms with E-state index in [0.29, 0.717) is 18.3 Å². The minimum atomic E-state index is -1.11. The highest BCUT2D eigenvalue weighted by atomic mass is 79.9. The first-order valence-corrected chi connectivity index (χ1v) is 7.42. The van der Waals surface area contributed by atoms with Crippen LogP contribution in [0.3, 0.4) is 0 Å². The Morgan fingerprint density at radius 2 is 2.19 bits per heavy atom. The Morgan fingerprint density at radius 1 is 1.48 bits per heavy atom. The summed E-state index contributed by atoms with van der Waals surface area (Å²) < 4.78 is 4.69. The fraction of sp³-hybridized carbons (Fsp3) is 0.357. The summed E-state index contributed by atoms with van der Waals surface area (Å²) in [6.45, 7) is 0.442. The van der Waals surface area contributed by atoms with Gasteiger partial charge in [-0.2, -0.15) is 0 Å². The first kappa shape index (κ1) is 15.5. The van der Waals surface area contributed by atoms with Gasteiger partial charge in [-0.15, -0.1) is 0 Å². The van der Waals surface area contributed by atoms with E-state index in [1.54, 1.807) is 0 Å². The van der Waals surface area contributed by atoms with Gasteiger partial charge in [-0.3, -0.25) is 4.79 Å². The van der Waals surface area contributed by atoms with Crippen LogP contribution in [-0.2, 0) is 9.53 Å². The number of carboxylic acid groups (broad SMARTS) is 1. The minimum absolute atomic E-state index is 0.0211. The summed E-state index contributed by atoms with van der Waals surface area (Å²) in [6, 6.07) is 4.03. The number of aromatic carboxylic acids is 1. The summed E-state index contributed by atoms with van der Waals surface area (Å²) in [5.74, 6) is -1.71. The molecule has 0 bridgehead atoms. The molecule has 1 aliphatic rings. The van der Waals surface area contributed by atoms with Gasteiger partial charge in [-0.05, 0) is 24.1 Å². The highest BCUT2D eigenvalue weighted by Gasteiger charge is 2.32. The summed E-state index contributed by atoms with van der Waals surface area (Å²) in [5.41, 5.74) is 0.494. The highest BCUT2D eigenvalue weighted by Crippen LogP contribution is 2.30. The first-order chi connectivity index (χ1) is 9.97. The van der Waals surface area contributed by atoms with Gasteiger partial charge in [-0.25, -0.2) is 9.59 Å². The topological polar surface area (TPSA) is 83.9 Å². The predicted octanol–water partition coefficient (Wildman–Crippen LogP) is 1.92. The lowest BCUT2D eigenvalue weighted by Crippen LogP contribution is -2.27.